The molecule has 0 heterocycles. The van der Waals surface area contributed by atoms with Crippen molar-refractivity contribution < 1.29 is 0 Å². The third kappa shape index (κ3) is 2.65. The molecule has 1 fully saturated rings. The van der Waals surface area contributed by atoms with Gasteiger partial charge in [-0.15, -0.1) is 0 Å². The Labute approximate surface area is 99.3 Å². The summed E-state index contributed by atoms with van der Waals surface area (Å²) < 4.78 is 0. The molecule has 0 amide bonds. The fraction of sp³-hybridized carbons (Fsp3) is 0.600. The van der Waals surface area contributed by atoms with E-state index in [1.807, 2.05) is 0 Å². The molecular formula is C15H23N. The van der Waals surface area contributed by atoms with Crippen molar-refractivity contribution in [1.82, 2.24) is 5.32 Å². The second-order valence-corrected chi connectivity index (χ2v) is 5.12. The molecule has 1 nitrogen and oxygen atoms in total. The summed E-state index contributed by atoms with van der Waals surface area (Å²) in [6.07, 6.45) is 5.69. The summed E-state index contributed by atoms with van der Waals surface area (Å²) in [5.74, 6) is 1.61. The van der Waals surface area contributed by atoms with Crippen LogP contribution in [0.5, 0.6) is 0 Å². The lowest BCUT2D eigenvalue weighted by atomic mass is 9.84. The molecule has 88 valence electrons. The average molecular weight is 217 g/mol. The van der Waals surface area contributed by atoms with Crippen LogP contribution >= 0.6 is 0 Å². The van der Waals surface area contributed by atoms with Gasteiger partial charge in [0, 0.05) is 6.54 Å². The van der Waals surface area contributed by atoms with Crippen LogP contribution in [0.4, 0.5) is 0 Å². The van der Waals surface area contributed by atoms with E-state index < -0.39 is 0 Å². The number of nitrogens with one attached hydrogen (secondary N) is 1. The number of hydrogen-bond acceptors (Lipinski definition) is 1. The topological polar surface area (TPSA) is 12.0 Å². The maximum absolute atomic E-state index is 3.36. The Morgan fingerprint density at radius 1 is 1.31 bits per heavy atom. The van der Waals surface area contributed by atoms with Crippen molar-refractivity contribution in [2.24, 2.45) is 5.92 Å². The van der Waals surface area contributed by atoms with Gasteiger partial charge < -0.3 is 5.32 Å². The first-order chi connectivity index (χ1) is 7.81. The van der Waals surface area contributed by atoms with E-state index in [4.69, 9.17) is 0 Å². The molecule has 1 unspecified atom stereocenters. The van der Waals surface area contributed by atoms with Crippen LogP contribution in [0.1, 0.15) is 42.7 Å². The molecule has 0 aromatic heterocycles. The van der Waals surface area contributed by atoms with E-state index in [-0.39, 0.29) is 0 Å². The van der Waals surface area contributed by atoms with Crippen molar-refractivity contribution in [3.05, 3.63) is 35.4 Å². The Morgan fingerprint density at radius 2 is 2.06 bits per heavy atom. The molecule has 0 spiro atoms. The molecule has 0 aliphatic heterocycles. The Bertz CT molecular complexity index is 326. The molecule has 1 aromatic rings. The second-order valence-electron chi connectivity index (χ2n) is 5.12. The lowest BCUT2D eigenvalue weighted by Gasteiger charge is -2.24. The maximum atomic E-state index is 3.36. The van der Waals surface area contributed by atoms with E-state index in [1.165, 1.54) is 36.8 Å². The van der Waals surface area contributed by atoms with Gasteiger partial charge >= 0.3 is 0 Å². The first kappa shape index (κ1) is 11.7. The highest BCUT2D eigenvalue weighted by Crippen LogP contribution is 2.37. The minimum absolute atomic E-state index is 0.715. The van der Waals surface area contributed by atoms with E-state index in [2.05, 4.69) is 43.6 Å². The normalized spacial score (nSPS) is 18.9. The van der Waals surface area contributed by atoms with Gasteiger partial charge in [0.2, 0.25) is 0 Å². The Hall–Kier alpha value is -0.820. The number of aryl methyl sites for hydroxylation is 1. The van der Waals surface area contributed by atoms with Crippen LogP contribution in [0.25, 0.3) is 0 Å². The number of benzene rings is 1. The molecule has 1 heteroatoms. The second kappa shape index (κ2) is 5.49. The molecule has 1 aromatic carbocycles. The van der Waals surface area contributed by atoms with Crippen molar-refractivity contribution in [3.8, 4) is 0 Å². The highest BCUT2D eigenvalue weighted by atomic mass is 14.8. The zero-order chi connectivity index (χ0) is 11.4. The first-order valence-electron chi connectivity index (χ1n) is 6.52. The van der Waals surface area contributed by atoms with Crippen LogP contribution < -0.4 is 5.32 Å². The van der Waals surface area contributed by atoms with E-state index in [9.17, 15) is 0 Å². The van der Waals surface area contributed by atoms with Gasteiger partial charge in [-0.2, -0.15) is 0 Å². The lowest BCUT2D eigenvalue weighted by molar-refractivity contribution is 0.421. The van der Waals surface area contributed by atoms with Gasteiger partial charge in [-0.05, 0) is 44.2 Å². The molecule has 0 radical (unpaired) electrons. The molecule has 1 saturated carbocycles. The van der Waals surface area contributed by atoms with Crippen molar-refractivity contribution >= 4 is 0 Å². The fourth-order valence-electron chi connectivity index (χ4n) is 3.04. The molecule has 1 atom stereocenters. The molecule has 0 bridgehead atoms. The predicted octanol–water partition coefficient (Wildman–Crippen LogP) is 3.49. The van der Waals surface area contributed by atoms with Crippen LogP contribution in [0.15, 0.2) is 24.3 Å². The Morgan fingerprint density at radius 3 is 2.69 bits per heavy atom. The summed E-state index contributed by atoms with van der Waals surface area (Å²) in [7, 11) is 2.07. The van der Waals surface area contributed by atoms with Crippen LogP contribution in [-0.2, 0) is 0 Å². The van der Waals surface area contributed by atoms with Gasteiger partial charge in [-0.25, -0.2) is 0 Å². The number of likely N-dealkylation sites (N-methyl/N-ethyl adjacent to an activating group) is 1. The van der Waals surface area contributed by atoms with Crippen LogP contribution in [0.2, 0.25) is 0 Å². The highest BCUT2D eigenvalue weighted by molar-refractivity contribution is 5.26. The van der Waals surface area contributed by atoms with Crippen LogP contribution in [0, 0.1) is 12.8 Å². The Kier molecular flexibility index (Phi) is 4.00. The first-order valence-corrected chi connectivity index (χ1v) is 6.52. The van der Waals surface area contributed by atoms with Crippen molar-refractivity contribution in [1.29, 1.82) is 0 Å². The molecule has 2 rings (SSSR count). The van der Waals surface area contributed by atoms with Gasteiger partial charge in [0.25, 0.3) is 0 Å². The maximum Gasteiger partial charge on any atom is 0.00198 e. The average Bonchev–Trinajstić information content (AvgIpc) is 2.79. The summed E-state index contributed by atoms with van der Waals surface area (Å²) >= 11 is 0. The third-order valence-corrected chi connectivity index (χ3v) is 3.86. The van der Waals surface area contributed by atoms with Gasteiger partial charge in [0.05, 0.1) is 0 Å². The van der Waals surface area contributed by atoms with Crippen LogP contribution in [0.3, 0.4) is 0 Å². The minimum Gasteiger partial charge on any atom is -0.319 e. The summed E-state index contributed by atoms with van der Waals surface area (Å²) in [5, 5.41) is 3.36. The van der Waals surface area contributed by atoms with Gasteiger partial charge in [0.15, 0.2) is 0 Å². The molecule has 1 aliphatic rings. The van der Waals surface area contributed by atoms with E-state index in [1.54, 1.807) is 0 Å². The predicted molar refractivity (Wildman–Crippen MR) is 69.8 cm³/mol. The number of rotatable bonds is 4. The lowest BCUT2D eigenvalue weighted by Crippen LogP contribution is -2.22. The monoisotopic (exact) mass is 217 g/mol. The smallest absolute Gasteiger partial charge is 0.00198 e. The molecule has 0 saturated heterocycles. The van der Waals surface area contributed by atoms with Crippen molar-refractivity contribution in [3.63, 3.8) is 0 Å². The van der Waals surface area contributed by atoms with E-state index >= 15 is 0 Å². The summed E-state index contributed by atoms with van der Waals surface area (Å²) in [4.78, 5) is 0. The van der Waals surface area contributed by atoms with Gasteiger partial charge in [-0.3, -0.25) is 0 Å². The Balaban J connectivity index is 2.17. The molecule has 1 aliphatic carbocycles. The minimum atomic E-state index is 0.715. The summed E-state index contributed by atoms with van der Waals surface area (Å²) in [6.45, 7) is 3.31. The molecule has 16 heavy (non-hydrogen) atoms. The zero-order valence-corrected chi connectivity index (χ0v) is 10.5. The van der Waals surface area contributed by atoms with Gasteiger partial charge in [-0.1, -0.05) is 42.7 Å². The van der Waals surface area contributed by atoms with Crippen molar-refractivity contribution in [2.75, 3.05) is 13.6 Å². The van der Waals surface area contributed by atoms with E-state index in [0.717, 1.165) is 12.5 Å². The SMILES string of the molecule is CNCC(c1cccc(C)c1)C1CCCC1. The quantitative estimate of drug-likeness (QED) is 0.814. The largest absolute Gasteiger partial charge is 0.319 e. The van der Waals surface area contributed by atoms with E-state index in [0.29, 0.717) is 5.92 Å². The highest BCUT2D eigenvalue weighted by Gasteiger charge is 2.25. The van der Waals surface area contributed by atoms with Crippen LogP contribution in [-0.4, -0.2) is 13.6 Å². The fourth-order valence-corrected chi connectivity index (χ4v) is 3.04. The zero-order valence-electron chi connectivity index (χ0n) is 10.5. The summed E-state index contributed by atoms with van der Waals surface area (Å²) in [5.41, 5.74) is 2.91. The molecule has 1 N–H and O–H groups in total. The third-order valence-electron chi connectivity index (χ3n) is 3.86. The molecular weight excluding hydrogens is 194 g/mol. The standard InChI is InChI=1S/C15H23N/c1-12-6-5-9-14(10-12)15(11-16-2)13-7-3-4-8-13/h5-6,9-10,13,15-16H,3-4,7-8,11H2,1-2H3. The number of hydrogen-bond donors (Lipinski definition) is 1. The van der Waals surface area contributed by atoms with Crippen molar-refractivity contribution in [2.45, 2.75) is 38.5 Å². The summed E-state index contributed by atoms with van der Waals surface area (Å²) in [6, 6.07) is 9.05. The van der Waals surface area contributed by atoms with Gasteiger partial charge in [0.1, 0.15) is 0 Å².